The standard InChI is InChI=1S/C32H46N2O8S/c1-5-33-27-21-41-32-31(27)29(15-16-40-32)42-30(36)18-24(17-23-9-7-6-8-10-23)28(35)20-34(19-22(2)3)43(37,38)26-13-11-25(39-4)12-14-26/h6-14,22,24,27-29,31-33,35H,5,15-21H2,1-4H3/t24-,27+,28-,29+,31+,32+/m1/s1. The summed E-state index contributed by atoms with van der Waals surface area (Å²) in [6.07, 6.45) is -1.03. The van der Waals surface area contributed by atoms with E-state index in [0.29, 0.717) is 31.8 Å². The van der Waals surface area contributed by atoms with Crippen LogP contribution in [0, 0.1) is 17.8 Å². The fourth-order valence-corrected chi connectivity index (χ4v) is 7.54. The highest BCUT2D eigenvalue weighted by atomic mass is 32.2. The van der Waals surface area contributed by atoms with Crippen LogP contribution in [-0.2, 0) is 35.4 Å². The maximum Gasteiger partial charge on any atom is 0.306 e. The van der Waals surface area contributed by atoms with Gasteiger partial charge in [-0.25, -0.2) is 8.42 Å². The van der Waals surface area contributed by atoms with Crippen LogP contribution in [0.5, 0.6) is 5.75 Å². The average Bonchev–Trinajstić information content (AvgIpc) is 3.40. The molecule has 0 radical (unpaired) electrons. The van der Waals surface area contributed by atoms with E-state index in [-0.39, 0.29) is 48.4 Å². The molecule has 0 unspecified atom stereocenters. The van der Waals surface area contributed by atoms with Crippen molar-refractivity contribution in [2.75, 3.05) is 40.0 Å². The van der Waals surface area contributed by atoms with Crippen molar-refractivity contribution in [1.82, 2.24) is 9.62 Å². The molecule has 2 aliphatic rings. The molecule has 0 spiro atoms. The highest BCUT2D eigenvalue weighted by Gasteiger charge is 2.47. The number of nitrogens with one attached hydrogen (secondary N) is 1. The fraction of sp³-hybridized carbons (Fsp3) is 0.594. The Kier molecular flexibility index (Phi) is 12.0. The van der Waals surface area contributed by atoms with Gasteiger partial charge in [-0.2, -0.15) is 4.31 Å². The van der Waals surface area contributed by atoms with E-state index in [9.17, 15) is 18.3 Å². The summed E-state index contributed by atoms with van der Waals surface area (Å²) < 4.78 is 51.5. The molecule has 2 aliphatic heterocycles. The minimum atomic E-state index is -3.93. The lowest BCUT2D eigenvalue weighted by Crippen LogP contribution is -2.49. The number of hydrogen-bond acceptors (Lipinski definition) is 9. The predicted octanol–water partition coefficient (Wildman–Crippen LogP) is 3.23. The van der Waals surface area contributed by atoms with Gasteiger partial charge in [0.25, 0.3) is 0 Å². The van der Waals surface area contributed by atoms with Crippen LogP contribution >= 0.6 is 0 Å². The third kappa shape index (κ3) is 8.77. The minimum absolute atomic E-state index is 0.0116. The number of carbonyl (C=O) groups is 1. The van der Waals surface area contributed by atoms with E-state index in [2.05, 4.69) is 5.32 Å². The molecule has 0 aliphatic carbocycles. The number of sulfonamides is 1. The fourth-order valence-electron chi connectivity index (χ4n) is 5.92. The molecule has 11 heteroatoms. The van der Waals surface area contributed by atoms with Crippen LogP contribution in [0.3, 0.4) is 0 Å². The van der Waals surface area contributed by atoms with Gasteiger partial charge in [-0.1, -0.05) is 51.1 Å². The molecule has 0 saturated carbocycles. The zero-order valence-corrected chi connectivity index (χ0v) is 26.4. The summed E-state index contributed by atoms with van der Waals surface area (Å²) in [7, 11) is -2.41. The monoisotopic (exact) mass is 618 g/mol. The van der Waals surface area contributed by atoms with Gasteiger partial charge in [0, 0.05) is 31.5 Å². The van der Waals surface area contributed by atoms with Gasteiger partial charge in [-0.05, 0) is 48.7 Å². The maximum atomic E-state index is 13.7. The zero-order valence-electron chi connectivity index (χ0n) is 25.6. The number of likely N-dealkylation sites (N-methyl/N-ethyl adjacent to an activating group) is 1. The number of aliphatic hydroxyl groups is 1. The molecule has 0 amide bonds. The number of nitrogens with zero attached hydrogens (tertiary/aromatic N) is 1. The molecular weight excluding hydrogens is 572 g/mol. The second-order valence-electron chi connectivity index (χ2n) is 11.7. The van der Waals surface area contributed by atoms with Crippen LogP contribution in [0.15, 0.2) is 59.5 Å². The van der Waals surface area contributed by atoms with E-state index in [1.807, 2.05) is 51.1 Å². The van der Waals surface area contributed by atoms with E-state index in [1.165, 1.54) is 23.5 Å². The van der Waals surface area contributed by atoms with Crippen molar-refractivity contribution in [3.05, 3.63) is 60.2 Å². The Morgan fingerprint density at radius 1 is 1.09 bits per heavy atom. The Morgan fingerprint density at radius 3 is 2.47 bits per heavy atom. The van der Waals surface area contributed by atoms with Gasteiger partial charge in [0.05, 0.1) is 43.7 Å². The SMILES string of the molecule is CCN[C@H]1CO[C@@H]2OCC[C@H](OC(=O)C[C@@H](Cc3ccccc3)[C@H](O)CN(CC(C)C)S(=O)(=O)c3ccc(OC)cc3)[C@@H]21. The molecule has 2 saturated heterocycles. The van der Waals surface area contributed by atoms with Crippen LogP contribution in [-0.4, -0.2) is 88.3 Å². The van der Waals surface area contributed by atoms with Crippen molar-refractivity contribution in [3.8, 4) is 5.75 Å². The summed E-state index contributed by atoms with van der Waals surface area (Å²) in [5.41, 5.74) is 0.940. The molecule has 2 N–H and O–H groups in total. The first kappa shape index (κ1) is 33.4. The Balaban J connectivity index is 1.52. The molecule has 4 rings (SSSR count). The number of esters is 1. The Bertz CT molecular complexity index is 1260. The number of methoxy groups -OCH3 is 1. The molecule has 0 bridgehead atoms. The molecule has 43 heavy (non-hydrogen) atoms. The van der Waals surface area contributed by atoms with Crippen molar-refractivity contribution in [1.29, 1.82) is 0 Å². The van der Waals surface area contributed by atoms with E-state index < -0.39 is 34.3 Å². The quantitative estimate of drug-likeness (QED) is 0.290. The number of fused-ring (bicyclic) bond motifs is 1. The number of benzene rings is 2. The highest BCUT2D eigenvalue weighted by Crippen LogP contribution is 2.34. The lowest BCUT2D eigenvalue weighted by atomic mass is 9.89. The first-order valence-electron chi connectivity index (χ1n) is 15.1. The van der Waals surface area contributed by atoms with Gasteiger partial charge in [0.1, 0.15) is 11.9 Å². The van der Waals surface area contributed by atoms with Gasteiger partial charge < -0.3 is 29.4 Å². The van der Waals surface area contributed by atoms with Gasteiger partial charge in [-0.3, -0.25) is 4.79 Å². The molecule has 0 aromatic heterocycles. The topological polar surface area (TPSA) is 124 Å². The lowest BCUT2D eigenvalue weighted by molar-refractivity contribution is -0.196. The molecular formula is C32H46N2O8S. The van der Waals surface area contributed by atoms with Gasteiger partial charge in [-0.15, -0.1) is 0 Å². The van der Waals surface area contributed by atoms with Crippen molar-refractivity contribution >= 4 is 16.0 Å². The van der Waals surface area contributed by atoms with E-state index in [0.717, 1.165) is 12.1 Å². The third-order valence-electron chi connectivity index (χ3n) is 8.05. The normalized spacial score (nSPS) is 23.6. The summed E-state index contributed by atoms with van der Waals surface area (Å²) in [6.45, 7) is 7.61. The van der Waals surface area contributed by atoms with Crippen molar-refractivity contribution < 1.29 is 37.3 Å². The summed E-state index contributed by atoms with van der Waals surface area (Å²) >= 11 is 0. The summed E-state index contributed by atoms with van der Waals surface area (Å²) in [6, 6.07) is 15.8. The van der Waals surface area contributed by atoms with Crippen molar-refractivity contribution in [2.45, 2.75) is 69.5 Å². The second kappa shape index (κ2) is 15.5. The number of aliphatic hydroxyl groups excluding tert-OH is 1. The second-order valence-corrected chi connectivity index (χ2v) is 13.7. The maximum absolute atomic E-state index is 13.7. The first-order valence-corrected chi connectivity index (χ1v) is 16.6. The highest BCUT2D eigenvalue weighted by molar-refractivity contribution is 7.89. The molecule has 2 aromatic carbocycles. The average molecular weight is 619 g/mol. The van der Waals surface area contributed by atoms with Crippen LogP contribution < -0.4 is 10.1 Å². The number of carbonyl (C=O) groups excluding carboxylic acids is 1. The molecule has 2 fully saturated rings. The Labute approximate surface area is 255 Å². The van der Waals surface area contributed by atoms with Crippen LogP contribution in [0.2, 0.25) is 0 Å². The minimum Gasteiger partial charge on any atom is -0.497 e. The van der Waals surface area contributed by atoms with E-state index >= 15 is 0 Å². The molecule has 2 heterocycles. The first-order chi connectivity index (χ1) is 20.6. The van der Waals surface area contributed by atoms with Gasteiger partial charge in [0.15, 0.2) is 6.29 Å². The molecule has 6 atom stereocenters. The smallest absolute Gasteiger partial charge is 0.306 e. The Morgan fingerprint density at radius 2 is 1.81 bits per heavy atom. The number of ether oxygens (including phenoxy) is 4. The predicted molar refractivity (Wildman–Crippen MR) is 162 cm³/mol. The van der Waals surface area contributed by atoms with E-state index in [1.54, 1.807) is 12.1 Å². The summed E-state index contributed by atoms with van der Waals surface area (Å²) in [5, 5.41) is 15.0. The molecule has 238 valence electrons. The van der Waals surface area contributed by atoms with Crippen molar-refractivity contribution in [3.63, 3.8) is 0 Å². The van der Waals surface area contributed by atoms with Crippen LogP contribution in [0.25, 0.3) is 0 Å². The zero-order chi connectivity index (χ0) is 31.0. The summed E-state index contributed by atoms with van der Waals surface area (Å²) in [4.78, 5) is 13.5. The van der Waals surface area contributed by atoms with Crippen molar-refractivity contribution in [2.24, 2.45) is 17.8 Å². The largest absolute Gasteiger partial charge is 0.497 e. The lowest BCUT2D eigenvalue weighted by Gasteiger charge is -2.35. The third-order valence-corrected chi connectivity index (χ3v) is 9.90. The Hall–Kier alpha value is -2.54. The number of hydrogen-bond donors (Lipinski definition) is 2. The molecule has 10 nitrogen and oxygen atoms in total. The van der Waals surface area contributed by atoms with E-state index in [4.69, 9.17) is 18.9 Å². The van der Waals surface area contributed by atoms with Crippen LogP contribution in [0.1, 0.15) is 39.2 Å². The summed E-state index contributed by atoms with van der Waals surface area (Å²) in [5.74, 6) is -0.562. The van der Waals surface area contributed by atoms with Gasteiger partial charge >= 0.3 is 5.97 Å². The van der Waals surface area contributed by atoms with Gasteiger partial charge in [0.2, 0.25) is 10.0 Å². The molecule has 2 aromatic rings. The van der Waals surface area contributed by atoms with Crippen LogP contribution in [0.4, 0.5) is 0 Å². The number of rotatable bonds is 15.